The summed E-state index contributed by atoms with van der Waals surface area (Å²) in [5.74, 6) is 6.79. The van der Waals surface area contributed by atoms with Gasteiger partial charge in [0.2, 0.25) is 0 Å². The van der Waals surface area contributed by atoms with E-state index in [1.165, 1.54) is 88.1 Å². The van der Waals surface area contributed by atoms with Gasteiger partial charge in [-0.25, -0.2) is 0 Å². The Morgan fingerprint density at radius 1 is 0.974 bits per heavy atom. The topological polar surface area (TPSA) is 35.5 Å². The van der Waals surface area contributed by atoms with Crippen molar-refractivity contribution >= 4 is 11.8 Å². The van der Waals surface area contributed by atoms with Crippen LogP contribution in [0.4, 0.5) is 0 Å². The Morgan fingerprint density at radius 3 is 2.44 bits per heavy atom. The number of nitrogens with one attached hydrogen (secondary N) is 1. The molecule has 5 fully saturated rings. The van der Waals surface area contributed by atoms with Crippen molar-refractivity contribution in [2.75, 3.05) is 37.7 Å². The number of hydrogen-bond acceptors (Lipinski definition) is 4. The van der Waals surface area contributed by atoms with E-state index >= 15 is 0 Å². The standard InChI is InChI=1S/C35H58N2OS/c1-24(2)25-10-15-35(36-18-19-37-20-22-39-23-21-37)17-16-33(6)26(30(25)35)8-9-28-32(5)13-12-29(38)31(3,4)27(32)11-14-34(28,33)7/h12,25-28,30,36,38H,1,8-11,13-23H2,2-7H3/t25-,26+,27-,28+,30+,32-,33+,34+,35-/m0/s1. The van der Waals surface area contributed by atoms with Crippen molar-refractivity contribution in [3.8, 4) is 0 Å². The summed E-state index contributed by atoms with van der Waals surface area (Å²) < 4.78 is 0. The summed E-state index contributed by atoms with van der Waals surface area (Å²) in [6, 6.07) is 0. The molecule has 39 heavy (non-hydrogen) atoms. The SMILES string of the molecule is C=C(C)[C@@H]1CC[C@]2(NCCN3CCSCC3)CC[C@]3(C)[C@H](CC[C@@H]4[C@@]5(C)CC=C(O)C(C)(C)[C@@H]5CC[C@]43C)[C@@H]12. The first kappa shape index (κ1) is 28.7. The number of allylic oxidation sites excluding steroid dienone is 3. The molecule has 220 valence electrons. The Balaban J connectivity index is 1.29. The molecule has 1 heterocycles. The molecule has 5 aliphatic carbocycles. The van der Waals surface area contributed by atoms with Crippen LogP contribution in [0.5, 0.6) is 0 Å². The molecule has 0 bridgehead atoms. The molecule has 6 aliphatic rings. The summed E-state index contributed by atoms with van der Waals surface area (Å²) in [4.78, 5) is 2.69. The zero-order chi connectivity index (χ0) is 27.8. The lowest BCUT2D eigenvalue weighted by Gasteiger charge is -2.72. The van der Waals surface area contributed by atoms with Gasteiger partial charge in [0, 0.05) is 48.6 Å². The van der Waals surface area contributed by atoms with E-state index < -0.39 is 0 Å². The van der Waals surface area contributed by atoms with E-state index in [-0.39, 0.29) is 5.41 Å². The predicted octanol–water partition coefficient (Wildman–Crippen LogP) is 8.09. The third-order valence-corrected chi connectivity index (χ3v) is 15.6. The zero-order valence-corrected chi connectivity index (χ0v) is 26.9. The van der Waals surface area contributed by atoms with Crippen LogP contribution in [-0.4, -0.2) is 53.2 Å². The molecule has 0 aromatic carbocycles. The molecule has 0 unspecified atom stereocenters. The van der Waals surface area contributed by atoms with Gasteiger partial charge in [0.15, 0.2) is 0 Å². The Hall–Kier alpha value is -0.450. The van der Waals surface area contributed by atoms with Crippen LogP contribution >= 0.6 is 11.8 Å². The normalized spacial score (nSPS) is 49.3. The Kier molecular flexibility index (Phi) is 7.20. The number of aliphatic hydroxyl groups excluding tert-OH is 1. The number of aliphatic hydroxyl groups is 1. The van der Waals surface area contributed by atoms with Crippen molar-refractivity contribution < 1.29 is 5.11 Å². The minimum absolute atomic E-state index is 0.0960. The molecule has 2 N–H and O–H groups in total. The quantitative estimate of drug-likeness (QED) is 0.337. The van der Waals surface area contributed by atoms with Gasteiger partial charge < -0.3 is 15.3 Å². The first-order chi connectivity index (χ1) is 18.4. The van der Waals surface area contributed by atoms with Crippen molar-refractivity contribution in [1.29, 1.82) is 0 Å². The van der Waals surface area contributed by atoms with Crippen LogP contribution in [0, 0.1) is 51.2 Å². The van der Waals surface area contributed by atoms with Crippen molar-refractivity contribution in [3.05, 3.63) is 24.0 Å². The third kappa shape index (κ3) is 4.10. The Morgan fingerprint density at radius 2 is 1.72 bits per heavy atom. The number of hydrogen-bond donors (Lipinski definition) is 2. The molecule has 0 spiro atoms. The highest BCUT2D eigenvalue weighted by Gasteiger charge is 2.70. The largest absolute Gasteiger partial charge is 0.512 e. The fourth-order valence-corrected chi connectivity index (χ4v) is 13.3. The molecule has 4 saturated carbocycles. The van der Waals surface area contributed by atoms with Crippen molar-refractivity contribution in [3.63, 3.8) is 0 Å². The van der Waals surface area contributed by atoms with Gasteiger partial charge in [0.25, 0.3) is 0 Å². The second kappa shape index (κ2) is 9.80. The van der Waals surface area contributed by atoms with Gasteiger partial charge in [-0.2, -0.15) is 11.8 Å². The first-order valence-corrected chi connectivity index (χ1v) is 17.6. The van der Waals surface area contributed by atoms with E-state index in [1.54, 1.807) is 0 Å². The summed E-state index contributed by atoms with van der Waals surface area (Å²) in [5.41, 5.74) is 2.71. The van der Waals surface area contributed by atoms with Crippen molar-refractivity contribution in [1.82, 2.24) is 10.2 Å². The maximum atomic E-state index is 10.9. The molecule has 0 aromatic heterocycles. The summed E-state index contributed by atoms with van der Waals surface area (Å²) in [6.07, 6.45) is 14.0. The van der Waals surface area contributed by atoms with Crippen LogP contribution in [0.15, 0.2) is 24.0 Å². The van der Waals surface area contributed by atoms with E-state index in [4.69, 9.17) is 0 Å². The molecule has 0 radical (unpaired) electrons. The maximum absolute atomic E-state index is 10.9. The highest BCUT2D eigenvalue weighted by atomic mass is 32.2. The van der Waals surface area contributed by atoms with Crippen molar-refractivity contribution in [2.24, 2.45) is 51.2 Å². The Labute approximate surface area is 244 Å². The maximum Gasteiger partial charge on any atom is 0.0942 e. The van der Waals surface area contributed by atoms with E-state index in [2.05, 4.69) is 76.2 Å². The Bertz CT molecular complexity index is 1000. The predicted molar refractivity (Wildman–Crippen MR) is 167 cm³/mol. The monoisotopic (exact) mass is 554 g/mol. The van der Waals surface area contributed by atoms with Gasteiger partial charge in [-0.1, -0.05) is 46.8 Å². The summed E-state index contributed by atoms with van der Waals surface area (Å²) in [5, 5.41) is 15.2. The molecule has 1 saturated heterocycles. The minimum Gasteiger partial charge on any atom is -0.512 e. The lowest BCUT2D eigenvalue weighted by atomic mass is 9.33. The smallest absolute Gasteiger partial charge is 0.0942 e. The van der Waals surface area contributed by atoms with Crippen molar-refractivity contribution in [2.45, 2.75) is 105 Å². The number of rotatable bonds is 5. The highest BCUT2D eigenvalue weighted by molar-refractivity contribution is 7.99. The molecule has 0 amide bonds. The molecule has 6 rings (SSSR count). The van der Waals surface area contributed by atoms with Gasteiger partial charge in [0.05, 0.1) is 5.76 Å². The first-order valence-electron chi connectivity index (χ1n) is 16.5. The average Bonchev–Trinajstić information content (AvgIpc) is 3.28. The molecule has 3 nitrogen and oxygen atoms in total. The zero-order valence-electron chi connectivity index (χ0n) is 26.1. The fraction of sp³-hybridized carbons (Fsp3) is 0.886. The van der Waals surface area contributed by atoms with Gasteiger partial charge in [0.1, 0.15) is 0 Å². The van der Waals surface area contributed by atoms with Gasteiger partial charge >= 0.3 is 0 Å². The summed E-state index contributed by atoms with van der Waals surface area (Å²) in [7, 11) is 0. The lowest BCUT2D eigenvalue weighted by Crippen LogP contribution is -2.68. The summed E-state index contributed by atoms with van der Waals surface area (Å²) >= 11 is 2.12. The van der Waals surface area contributed by atoms with E-state index in [1.807, 2.05) is 0 Å². The molecule has 9 atom stereocenters. The van der Waals surface area contributed by atoms with Gasteiger partial charge in [-0.3, -0.25) is 0 Å². The molecule has 4 heteroatoms. The minimum atomic E-state index is -0.0960. The average molecular weight is 555 g/mol. The van der Waals surface area contributed by atoms with Gasteiger partial charge in [-0.15, -0.1) is 0 Å². The van der Waals surface area contributed by atoms with Crippen LogP contribution in [0.3, 0.4) is 0 Å². The van der Waals surface area contributed by atoms with Gasteiger partial charge in [-0.05, 0) is 117 Å². The number of nitrogens with zero attached hydrogens (tertiary/aromatic N) is 1. The number of fused-ring (bicyclic) bond motifs is 7. The van der Waals surface area contributed by atoms with Crippen LogP contribution < -0.4 is 5.32 Å². The van der Waals surface area contributed by atoms with Crippen LogP contribution in [-0.2, 0) is 0 Å². The molecular formula is C35H58N2OS. The molecule has 1 aliphatic heterocycles. The lowest BCUT2D eigenvalue weighted by molar-refractivity contribution is -0.223. The second-order valence-electron chi connectivity index (χ2n) is 16.2. The van der Waals surface area contributed by atoms with Crippen LogP contribution in [0.25, 0.3) is 0 Å². The van der Waals surface area contributed by atoms with Crippen LogP contribution in [0.1, 0.15) is 99.3 Å². The van der Waals surface area contributed by atoms with E-state index in [0.29, 0.717) is 39.4 Å². The molecule has 0 aromatic rings. The fourth-order valence-electron chi connectivity index (χ4n) is 12.3. The number of thioether (sulfide) groups is 1. The second-order valence-corrected chi connectivity index (χ2v) is 17.5. The van der Waals surface area contributed by atoms with E-state index in [9.17, 15) is 5.11 Å². The third-order valence-electron chi connectivity index (χ3n) is 14.6. The van der Waals surface area contributed by atoms with Crippen LogP contribution in [0.2, 0.25) is 0 Å². The van der Waals surface area contributed by atoms with E-state index in [0.717, 1.165) is 30.7 Å². The summed E-state index contributed by atoms with van der Waals surface area (Å²) in [6.45, 7) is 24.5. The molecular weight excluding hydrogens is 496 g/mol. The highest BCUT2D eigenvalue weighted by Crippen LogP contribution is 2.76.